The number of amides is 1. The van der Waals surface area contributed by atoms with Crippen LogP contribution in [0, 0.1) is 0 Å². The summed E-state index contributed by atoms with van der Waals surface area (Å²) in [6.45, 7) is -0.231. The van der Waals surface area contributed by atoms with E-state index in [4.69, 9.17) is 21.4 Å². The molecule has 1 amide bonds. The van der Waals surface area contributed by atoms with Crippen LogP contribution in [0.25, 0.3) is 0 Å². The van der Waals surface area contributed by atoms with E-state index in [2.05, 4.69) is 10.0 Å². The first-order valence-corrected chi connectivity index (χ1v) is 10.0. The van der Waals surface area contributed by atoms with Crippen molar-refractivity contribution in [3.8, 4) is 5.75 Å². The number of nitrogens with one attached hydrogen (secondary N) is 2. The molecule has 27 heavy (non-hydrogen) atoms. The zero-order valence-corrected chi connectivity index (χ0v) is 16.3. The minimum atomic E-state index is -4.10. The van der Waals surface area contributed by atoms with E-state index < -0.39 is 22.0 Å². The number of aliphatic hydroxyl groups excluding tert-OH is 1. The maximum absolute atomic E-state index is 12.9. The van der Waals surface area contributed by atoms with Crippen molar-refractivity contribution in [1.29, 1.82) is 0 Å². The number of carbonyl (C=O) groups excluding carboxylic acids is 1. The number of carbonyl (C=O) groups is 1. The highest BCUT2D eigenvalue weighted by atomic mass is 35.5. The van der Waals surface area contributed by atoms with Crippen LogP contribution < -0.4 is 14.8 Å². The molecule has 0 aliphatic heterocycles. The molecule has 0 radical (unpaired) electrons. The Morgan fingerprint density at radius 3 is 2.56 bits per heavy atom. The number of aliphatic hydroxyl groups is 1. The van der Waals surface area contributed by atoms with Crippen LogP contribution >= 0.6 is 11.6 Å². The molecule has 7 nitrogen and oxygen atoms in total. The van der Waals surface area contributed by atoms with E-state index in [9.17, 15) is 13.2 Å². The molecule has 0 spiro atoms. The Hall–Kier alpha value is -2.13. The highest BCUT2D eigenvalue weighted by molar-refractivity contribution is 7.89. The lowest BCUT2D eigenvalue weighted by Gasteiger charge is -2.19. The molecule has 0 aliphatic carbocycles. The standard InChI is InChI=1S/C18H21ClN2O5S/c1-26-16-8-7-14(19)12-17(16)27(24,25)21-15(18(23)20-9-10-22)11-13-5-3-2-4-6-13/h2-8,12,15,21-22H,9-11H2,1H3,(H,20,23)/t15-/m1/s1. The number of benzene rings is 2. The highest BCUT2D eigenvalue weighted by Crippen LogP contribution is 2.27. The Morgan fingerprint density at radius 1 is 1.22 bits per heavy atom. The average molecular weight is 413 g/mol. The predicted molar refractivity (Wildman–Crippen MR) is 102 cm³/mol. The van der Waals surface area contributed by atoms with Crippen LogP contribution in [0.1, 0.15) is 5.56 Å². The van der Waals surface area contributed by atoms with Gasteiger partial charge in [-0.15, -0.1) is 0 Å². The minimum Gasteiger partial charge on any atom is -0.495 e. The zero-order chi connectivity index (χ0) is 19.9. The molecular weight excluding hydrogens is 392 g/mol. The number of methoxy groups -OCH3 is 1. The Balaban J connectivity index is 2.32. The van der Waals surface area contributed by atoms with Crippen LogP contribution in [-0.4, -0.2) is 45.7 Å². The van der Waals surface area contributed by atoms with Gasteiger partial charge in [0.2, 0.25) is 15.9 Å². The fourth-order valence-corrected chi connectivity index (χ4v) is 4.08. The third-order valence-electron chi connectivity index (χ3n) is 3.72. The van der Waals surface area contributed by atoms with Crippen molar-refractivity contribution in [2.45, 2.75) is 17.4 Å². The second-order valence-electron chi connectivity index (χ2n) is 5.67. The molecule has 0 saturated heterocycles. The summed E-state index contributed by atoms with van der Waals surface area (Å²) in [7, 11) is -2.75. The van der Waals surface area contributed by atoms with Crippen LogP contribution in [0.5, 0.6) is 5.75 Å². The van der Waals surface area contributed by atoms with Gasteiger partial charge in [0.25, 0.3) is 0 Å². The molecule has 0 aromatic heterocycles. The molecule has 3 N–H and O–H groups in total. The summed E-state index contributed by atoms with van der Waals surface area (Å²) >= 11 is 5.92. The van der Waals surface area contributed by atoms with Crippen molar-refractivity contribution in [2.75, 3.05) is 20.3 Å². The van der Waals surface area contributed by atoms with Gasteiger partial charge < -0.3 is 15.2 Å². The van der Waals surface area contributed by atoms with Crippen molar-refractivity contribution in [2.24, 2.45) is 0 Å². The Morgan fingerprint density at radius 2 is 1.93 bits per heavy atom. The van der Waals surface area contributed by atoms with Gasteiger partial charge in [0.1, 0.15) is 16.7 Å². The molecule has 0 heterocycles. The summed E-state index contributed by atoms with van der Waals surface area (Å²) in [4.78, 5) is 12.3. The van der Waals surface area contributed by atoms with E-state index >= 15 is 0 Å². The summed E-state index contributed by atoms with van der Waals surface area (Å²) < 4.78 is 33.2. The van der Waals surface area contributed by atoms with Gasteiger partial charge in [0, 0.05) is 11.6 Å². The van der Waals surface area contributed by atoms with Gasteiger partial charge in [0.05, 0.1) is 13.7 Å². The number of sulfonamides is 1. The monoisotopic (exact) mass is 412 g/mol. The summed E-state index contributed by atoms with van der Waals surface area (Å²) in [5.74, 6) is -0.432. The molecule has 2 rings (SSSR count). The van der Waals surface area contributed by atoms with Gasteiger partial charge in [-0.3, -0.25) is 4.79 Å². The lowest BCUT2D eigenvalue weighted by atomic mass is 10.1. The quantitative estimate of drug-likeness (QED) is 0.576. The van der Waals surface area contributed by atoms with Crippen molar-refractivity contribution in [3.05, 3.63) is 59.1 Å². The van der Waals surface area contributed by atoms with E-state index in [0.29, 0.717) is 0 Å². The van der Waals surface area contributed by atoms with Crippen molar-refractivity contribution in [3.63, 3.8) is 0 Å². The molecule has 2 aromatic rings. The predicted octanol–water partition coefficient (Wildman–Crippen LogP) is 1.35. The zero-order valence-electron chi connectivity index (χ0n) is 14.7. The van der Waals surface area contributed by atoms with Crippen LogP contribution in [-0.2, 0) is 21.2 Å². The first-order valence-electron chi connectivity index (χ1n) is 8.15. The van der Waals surface area contributed by atoms with Gasteiger partial charge in [0.15, 0.2) is 0 Å². The smallest absolute Gasteiger partial charge is 0.245 e. The largest absolute Gasteiger partial charge is 0.495 e. The molecular formula is C18H21ClN2O5S. The number of hydrogen-bond acceptors (Lipinski definition) is 5. The molecule has 0 aliphatic rings. The summed E-state index contributed by atoms with van der Waals surface area (Å²) in [6.07, 6.45) is 0.139. The van der Waals surface area contributed by atoms with E-state index in [-0.39, 0.29) is 35.2 Å². The molecule has 0 unspecified atom stereocenters. The summed E-state index contributed by atoms with van der Waals surface area (Å²) in [5.41, 5.74) is 0.780. The third kappa shape index (κ3) is 5.93. The summed E-state index contributed by atoms with van der Waals surface area (Å²) in [6, 6.07) is 12.1. The topological polar surface area (TPSA) is 105 Å². The molecule has 0 fully saturated rings. The maximum atomic E-state index is 12.9. The average Bonchev–Trinajstić information content (AvgIpc) is 2.66. The van der Waals surface area contributed by atoms with E-state index in [1.54, 1.807) is 24.3 Å². The minimum absolute atomic E-state index is 0.0202. The second-order valence-corrected chi connectivity index (χ2v) is 7.79. The van der Waals surface area contributed by atoms with Crippen molar-refractivity contribution < 1.29 is 23.1 Å². The normalized spacial score (nSPS) is 12.4. The molecule has 1 atom stereocenters. The van der Waals surface area contributed by atoms with Crippen LogP contribution in [0.3, 0.4) is 0 Å². The highest BCUT2D eigenvalue weighted by Gasteiger charge is 2.28. The van der Waals surface area contributed by atoms with E-state index in [1.807, 2.05) is 6.07 Å². The van der Waals surface area contributed by atoms with Gasteiger partial charge in [-0.2, -0.15) is 4.72 Å². The third-order valence-corrected chi connectivity index (χ3v) is 5.45. The number of halogens is 1. The van der Waals surface area contributed by atoms with Crippen LogP contribution in [0.4, 0.5) is 0 Å². The fraction of sp³-hybridized carbons (Fsp3) is 0.278. The van der Waals surface area contributed by atoms with Crippen molar-refractivity contribution in [1.82, 2.24) is 10.0 Å². The lowest BCUT2D eigenvalue weighted by molar-refractivity contribution is -0.122. The Bertz CT molecular complexity index is 875. The number of rotatable bonds is 9. The summed E-state index contributed by atoms with van der Waals surface area (Å²) in [5, 5.41) is 11.6. The molecule has 146 valence electrons. The van der Waals surface area contributed by atoms with Gasteiger partial charge in [-0.1, -0.05) is 41.9 Å². The Kier molecular flexibility index (Phi) is 7.61. The number of hydrogen-bond donors (Lipinski definition) is 3. The fourth-order valence-electron chi connectivity index (χ4n) is 2.45. The van der Waals surface area contributed by atoms with Gasteiger partial charge in [-0.05, 0) is 30.2 Å². The van der Waals surface area contributed by atoms with Crippen LogP contribution in [0.2, 0.25) is 5.02 Å². The molecule has 2 aromatic carbocycles. The molecule has 0 bridgehead atoms. The van der Waals surface area contributed by atoms with E-state index in [1.165, 1.54) is 25.3 Å². The van der Waals surface area contributed by atoms with Crippen molar-refractivity contribution >= 4 is 27.5 Å². The first-order chi connectivity index (χ1) is 12.9. The number of ether oxygens (including phenoxy) is 1. The van der Waals surface area contributed by atoms with E-state index in [0.717, 1.165) is 5.56 Å². The Labute approximate surface area is 163 Å². The van der Waals surface area contributed by atoms with Crippen LogP contribution in [0.15, 0.2) is 53.4 Å². The molecule has 9 heteroatoms. The van der Waals surface area contributed by atoms with Gasteiger partial charge >= 0.3 is 0 Å². The first kappa shape index (κ1) is 21.2. The molecule has 0 saturated carbocycles. The van der Waals surface area contributed by atoms with Gasteiger partial charge in [-0.25, -0.2) is 8.42 Å². The SMILES string of the molecule is COc1ccc(Cl)cc1S(=O)(=O)N[C@H](Cc1ccccc1)C(=O)NCCO. The second kappa shape index (κ2) is 9.70. The maximum Gasteiger partial charge on any atom is 0.245 e. The lowest BCUT2D eigenvalue weighted by Crippen LogP contribution is -2.48.